The van der Waals surface area contributed by atoms with Gasteiger partial charge in [-0.05, 0) is 18.2 Å². The summed E-state index contributed by atoms with van der Waals surface area (Å²) in [6.07, 6.45) is 1.26. The minimum absolute atomic E-state index is 0.104. The van der Waals surface area contributed by atoms with Crippen LogP contribution in [0.5, 0.6) is 0 Å². The molecule has 1 aromatic heterocycles. The molecule has 2 heterocycles. The highest BCUT2D eigenvalue weighted by molar-refractivity contribution is 7.89. The number of aromatic carboxylic acids is 1. The maximum atomic E-state index is 13.3. The smallest absolute Gasteiger partial charge is 0.347 e. The van der Waals surface area contributed by atoms with Gasteiger partial charge in [0.05, 0.1) is 11.1 Å². The Bertz CT molecular complexity index is 909. The molecule has 134 valence electrons. The molecule has 1 aliphatic heterocycles. The monoisotopic (exact) mass is 389 g/mol. The normalized spacial score (nSPS) is 16.2. The number of carbonyl (C=O) groups is 1. The molecule has 2 aromatic rings. The lowest BCUT2D eigenvalue weighted by molar-refractivity contribution is 0.0702. The molecule has 3 rings (SSSR count). The molecule has 1 fully saturated rings. The number of halogens is 2. The van der Waals surface area contributed by atoms with Gasteiger partial charge in [-0.2, -0.15) is 4.31 Å². The summed E-state index contributed by atoms with van der Waals surface area (Å²) in [6, 6.07) is 2.47. The highest BCUT2D eigenvalue weighted by atomic mass is 32.2. The van der Waals surface area contributed by atoms with Gasteiger partial charge < -0.3 is 10.0 Å². The number of sulfonamides is 1. The highest BCUT2D eigenvalue weighted by Crippen LogP contribution is 2.25. The van der Waals surface area contributed by atoms with Crippen molar-refractivity contribution in [3.8, 4) is 0 Å². The molecule has 0 amide bonds. The second-order valence-electron chi connectivity index (χ2n) is 5.28. The second-order valence-corrected chi connectivity index (χ2v) is 8.23. The van der Waals surface area contributed by atoms with Gasteiger partial charge in [-0.1, -0.05) is 11.3 Å². The average molecular weight is 389 g/mol. The number of carboxylic acid groups (broad SMARTS) is 1. The van der Waals surface area contributed by atoms with Crippen molar-refractivity contribution in [3.63, 3.8) is 0 Å². The van der Waals surface area contributed by atoms with Crippen LogP contribution in [0.15, 0.2) is 29.3 Å². The van der Waals surface area contributed by atoms with E-state index in [0.717, 1.165) is 23.5 Å². The van der Waals surface area contributed by atoms with Gasteiger partial charge in [-0.25, -0.2) is 27.0 Å². The van der Waals surface area contributed by atoms with E-state index in [4.69, 9.17) is 5.11 Å². The lowest BCUT2D eigenvalue weighted by Crippen LogP contribution is -2.48. The van der Waals surface area contributed by atoms with Gasteiger partial charge in [0.25, 0.3) is 0 Å². The Labute approximate surface area is 146 Å². The number of thiazole rings is 1. The fourth-order valence-electron chi connectivity index (χ4n) is 2.42. The first-order valence-corrected chi connectivity index (χ1v) is 9.44. The van der Waals surface area contributed by atoms with Gasteiger partial charge in [-0.15, -0.1) is 0 Å². The molecule has 0 aliphatic carbocycles. The van der Waals surface area contributed by atoms with Crippen molar-refractivity contribution in [2.24, 2.45) is 0 Å². The Balaban J connectivity index is 1.72. The number of piperazine rings is 1. The van der Waals surface area contributed by atoms with E-state index in [1.165, 1.54) is 10.5 Å². The molecule has 0 radical (unpaired) electrons. The lowest BCUT2D eigenvalue weighted by Gasteiger charge is -2.33. The fourth-order valence-corrected chi connectivity index (χ4v) is 4.66. The molecule has 0 bridgehead atoms. The van der Waals surface area contributed by atoms with Gasteiger partial charge in [0.2, 0.25) is 10.0 Å². The molecule has 0 saturated carbocycles. The van der Waals surface area contributed by atoms with Crippen LogP contribution in [-0.4, -0.2) is 55.0 Å². The summed E-state index contributed by atoms with van der Waals surface area (Å²) in [6.45, 7) is 0.886. The minimum Gasteiger partial charge on any atom is -0.477 e. The van der Waals surface area contributed by atoms with Gasteiger partial charge >= 0.3 is 5.97 Å². The van der Waals surface area contributed by atoms with Gasteiger partial charge in [0, 0.05) is 26.2 Å². The lowest BCUT2D eigenvalue weighted by atomic mass is 10.3. The standard InChI is InChI=1S/C14H13F2N3O4S2/c15-10-2-1-9(7-11(10)16)25(22,23)19-5-3-18(4-6-19)14-17-8-12(24-14)13(20)21/h1-2,7-8H,3-6H2,(H,20,21). The fraction of sp³-hybridized carbons (Fsp3) is 0.286. The molecule has 25 heavy (non-hydrogen) atoms. The van der Waals surface area contributed by atoms with E-state index in [1.807, 2.05) is 0 Å². The Morgan fingerprint density at radius 2 is 1.84 bits per heavy atom. The number of anilines is 1. The van der Waals surface area contributed by atoms with Crippen molar-refractivity contribution in [1.82, 2.24) is 9.29 Å². The first kappa shape index (κ1) is 17.7. The van der Waals surface area contributed by atoms with E-state index >= 15 is 0 Å². The molecular formula is C14H13F2N3O4S2. The van der Waals surface area contributed by atoms with Crippen molar-refractivity contribution < 1.29 is 27.1 Å². The maximum Gasteiger partial charge on any atom is 0.347 e. The number of carboxylic acids is 1. The molecule has 7 nitrogen and oxygen atoms in total. The number of hydrogen-bond donors (Lipinski definition) is 1. The number of nitrogens with zero attached hydrogens (tertiary/aromatic N) is 3. The Morgan fingerprint density at radius 3 is 2.40 bits per heavy atom. The van der Waals surface area contributed by atoms with E-state index in [-0.39, 0.29) is 22.9 Å². The molecule has 0 atom stereocenters. The van der Waals surface area contributed by atoms with E-state index in [9.17, 15) is 22.0 Å². The third-order valence-corrected chi connectivity index (χ3v) is 6.68. The first-order chi connectivity index (χ1) is 11.8. The van der Waals surface area contributed by atoms with Gasteiger partial charge in [0.15, 0.2) is 16.8 Å². The highest BCUT2D eigenvalue weighted by Gasteiger charge is 2.30. The van der Waals surface area contributed by atoms with E-state index < -0.39 is 27.6 Å². The Kier molecular flexibility index (Phi) is 4.71. The Hall–Kier alpha value is -2.11. The SMILES string of the molecule is O=C(O)c1cnc(N2CCN(S(=O)(=O)c3ccc(F)c(F)c3)CC2)s1. The summed E-state index contributed by atoms with van der Waals surface area (Å²) in [7, 11) is -3.93. The summed E-state index contributed by atoms with van der Waals surface area (Å²) in [5.74, 6) is -3.39. The number of aromatic nitrogens is 1. The van der Waals surface area contributed by atoms with Crippen LogP contribution < -0.4 is 4.90 Å². The molecule has 11 heteroatoms. The zero-order chi connectivity index (χ0) is 18.2. The van der Waals surface area contributed by atoms with Crippen LogP contribution in [0.4, 0.5) is 13.9 Å². The third-order valence-electron chi connectivity index (χ3n) is 3.74. The van der Waals surface area contributed by atoms with Crippen LogP contribution in [0.1, 0.15) is 9.67 Å². The van der Waals surface area contributed by atoms with Crippen LogP contribution in [-0.2, 0) is 10.0 Å². The van der Waals surface area contributed by atoms with Crippen LogP contribution in [0.2, 0.25) is 0 Å². The number of benzene rings is 1. The van der Waals surface area contributed by atoms with Crippen LogP contribution in [0.3, 0.4) is 0 Å². The summed E-state index contributed by atoms with van der Waals surface area (Å²) in [5, 5.41) is 9.42. The van der Waals surface area contributed by atoms with Gasteiger partial charge in [-0.3, -0.25) is 0 Å². The quantitative estimate of drug-likeness (QED) is 0.855. The van der Waals surface area contributed by atoms with Gasteiger partial charge in [0.1, 0.15) is 4.88 Å². The second kappa shape index (κ2) is 6.65. The topological polar surface area (TPSA) is 90.8 Å². The van der Waals surface area contributed by atoms with Crippen molar-refractivity contribution >= 4 is 32.5 Å². The van der Waals surface area contributed by atoms with Crippen molar-refractivity contribution in [1.29, 1.82) is 0 Å². The molecule has 1 aliphatic rings. The predicted molar refractivity (Wildman–Crippen MR) is 86.4 cm³/mol. The first-order valence-electron chi connectivity index (χ1n) is 7.18. The zero-order valence-corrected chi connectivity index (χ0v) is 14.4. The molecule has 1 aromatic carbocycles. The molecular weight excluding hydrogens is 376 g/mol. The van der Waals surface area contributed by atoms with Crippen LogP contribution in [0, 0.1) is 11.6 Å². The molecule has 1 saturated heterocycles. The average Bonchev–Trinajstić information content (AvgIpc) is 3.08. The summed E-state index contributed by atoms with van der Waals surface area (Å²) < 4.78 is 52.5. The Morgan fingerprint density at radius 1 is 1.16 bits per heavy atom. The van der Waals surface area contributed by atoms with Crippen molar-refractivity contribution in [2.75, 3.05) is 31.1 Å². The van der Waals surface area contributed by atoms with Crippen LogP contribution in [0.25, 0.3) is 0 Å². The minimum atomic E-state index is -3.93. The zero-order valence-electron chi connectivity index (χ0n) is 12.7. The van der Waals surface area contributed by atoms with E-state index in [1.54, 1.807) is 4.90 Å². The molecule has 1 N–H and O–H groups in total. The number of rotatable bonds is 4. The number of hydrogen-bond acceptors (Lipinski definition) is 6. The van der Waals surface area contributed by atoms with E-state index in [2.05, 4.69) is 4.98 Å². The van der Waals surface area contributed by atoms with Crippen molar-refractivity contribution in [2.45, 2.75) is 4.90 Å². The summed E-state index contributed by atoms with van der Waals surface area (Å²) >= 11 is 1.01. The van der Waals surface area contributed by atoms with Crippen molar-refractivity contribution in [3.05, 3.63) is 40.9 Å². The largest absolute Gasteiger partial charge is 0.477 e. The summed E-state index contributed by atoms with van der Waals surface area (Å²) in [4.78, 5) is 16.5. The molecule has 0 spiro atoms. The molecule has 0 unspecified atom stereocenters. The maximum absolute atomic E-state index is 13.3. The van der Waals surface area contributed by atoms with Crippen LogP contribution >= 0.6 is 11.3 Å². The van der Waals surface area contributed by atoms with E-state index in [0.29, 0.717) is 24.3 Å². The third kappa shape index (κ3) is 3.48. The predicted octanol–water partition coefficient (Wildman–Crippen LogP) is 1.63. The summed E-state index contributed by atoms with van der Waals surface area (Å²) in [5.41, 5.74) is 0.